The van der Waals surface area contributed by atoms with E-state index in [0.717, 1.165) is 24.5 Å². The van der Waals surface area contributed by atoms with Gasteiger partial charge in [-0.05, 0) is 12.1 Å². The highest BCUT2D eigenvalue weighted by Crippen LogP contribution is 2.34. The Labute approximate surface area is 89.8 Å². The number of para-hydroxylation sites is 1. The summed E-state index contributed by atoms with van der Waals surface area (Å²) in [5.74, 6) is 0. The number of rotatable bonds is 1. The van der Waals surface area contributed by atoms with Gasteiger partial charge in [0.15, 0.2) is 9.84 Å². The second-order valence-electron chi connectivity index (χ2n) is 3.77. The smallest absolute Gasteiger partial charge is 0.177 e. The van der Waals surface area contributed by atoms with Crippen molar-refractivity contribution in [2.24, 2.45) is 0 Å². The molecule has 0 aliphatic carbocycles. The lowest BCUT2D eigenvalue weighted by molar-refractivity contribution is 0.601. The fourth-order valence-electron chi connectivity index (χ4n) is 1.83. The molecule has 0 spiro atoms. The minimum atomic E-state index is -3.16. The Bertz CT molecular complexity index is 482. The third-order valence-electron chi connectivity index (χ3n) is 2.54. The van der Waals surface area contributed by atoms with Crippen LogP contribution in [0.3, 0.4) is 0 Å². The summed E-state index contributed by atoms with van der Waals surface area (Å²) in [6.07, 6.45) is 1.24. The van der Waals surface area contributed by atoms with Gasteiger partial charge in [-0.3, -0.25) is 0 Å². The molecule has 1 heterocycles. The van der Waals surface area contributed by atoms with E-state index in [1.165, 1.54) is 6.26 Å². The van der Waals surface area contributed by atoms with Crippen LogP contribution in [0, 0.1) is 0 Å². The molecule has 0 atom stereocenters. The van der Waals surface area contributed by atoms with Gasteiger partial charge in [0.25, 0.3) is 0 Å². The Morgan fingerprint density at radius 1 is 1.40 bits per heavy atom. The first-order chi connectivity index (χ1) is 7.00. The van der Waals surface area contributed by atoms with E-state index in [4.69, 9.17) is 0 Å². The van der Waals surface area contributed by atoms with E-state index < -0.39 is 9.84 Å². The fraction of sp³-hybridized carbons (Fsp3) is 0.400. The third-order valence-corrected chi connectivity index (χ3v) is 3.67. The SMILES string of the molecule is CN1CCNc2cccc(S(C)(=O)=O)c21. The van der Waals surface area contributed by atoms with Crippen molar-refractivity contribution in [3.05, 3.63) is 18.2 Å². The summed E-state index contributed by atoms with van der Waals surface area (Å²) in [6, 6.07) is 5.32. The molecule has 82 valence electrons. The van der Waals surface area contributed by atoms with Crippen LogP contribution >= 0.6 is 0 Å². The zero-order valence-corrected chi connectivity index (χ0v) is 9.63. The van der Waals surface area contributed by atoms with Crippen molar-refractivity contribution < 1.29 is 8.42 Å². The molecule has 0 radical (unpaired) electrons. The Hall–Kier alpha value is -1.23. The minimum absolute atomic E-state index is 0.398. The second kappa shape index (κ2) is 3.41. The first-order valence-electron chi connectivity index (χ1n) is 4.78. The van der Waals surface area contributed by atoms with Crippen LogP contribution < -0.4 is 10.2 Å². The van der Waals surface area contributed by atoms with Crippen LogP contribution in [0.1, 0.15) is 0 Å². The molecule has 1 aromatic rings. The number of nitrogens with one attached hydrogen (secondary N) is 1. The molecule has 1 aromatic carbocycles. The zero-order valence-electron chi connectivity index (χ0n) is 8.82. The molecule has 0 aromatic heterocycles. The van der Waals surface area contributed by atoms with Crippen LogP contribution in [0.4, 0.5) is 11.4 Å². The third kappa shape index (κ3) is 1.79. The van der Waals surface area contributed by atoms with Gasteiger partial charge in [-0.25, -0.2) is 8.42 Å². The summed E-state index contributed by atoms with van der Waals surface area (Å²) in [7, 11) is -1.25. The number of hydrogen-bond donors (Lipinski definition) is 1. The predicted octanol–water partition coefficient (Wildman–Crippen LogP) is 0.952. The molecule has 15 heavy (non-hydrogen) atoms. The Balaban J connectivity index is 2.67. The Morgan fingerprint density at radius 3 is 2.80 bits per heavy atom. The lowest BCUT2D eigenvalue weighted by atomic mass is 10.2. The molecule has 0 amide bonds. The fourth-order valence-corrected chi connectivity index (χ4v) is 2.77. The summed E-state index contributed by atoms with van der Waals surface area (Å²) in [5, 5.41) is 3.20. The van der Waals surface area contributed by atoms with Crippen molar-refractivity contribution in [1.29, 1.82) is 0 Å². The van der Waals surface area contributed by atoms with E-state index in [0.29, 0.717) is 4.90 Å². The monoisotopic (exact) mass is 226 g/mol. The Morgan fingerprint density at radius 2 is 2.13 bits per heavy atom. The first kappa shape index (κ1) is 10.3. The van der Waals surface area contributed by atoms with E-state index in [1.54, 1.807) is 12.1 Å². The molecule has 2 rings (SSSR count). The van der Waals surface area contributed by atoms with Gasteiger partial charge in [-0.1, -0.05) is 6.07 Å². The summed E-state index contributed by atoms with van der Waals surface area (Å²) in [5.41, 5.74) is 1.68. The van der Waals surface area contributed by atoms with Crippen molar-refractivity contribution in [1.82, 2.24) is 0 Å². The molecular formula is C10H14N2O2S. The molecular weight excluding hydrogens is 212 g/mol. The maximum atomic E-state index is 11.6. The highest BCUT2D eigenvalue weighted by Gasteiger charge is 2.21. The van der Waals surface area contributed by atoms with Crippen molar-refractivity contribution in [3.63, 3.8) is 0 Å². The molecule has 0 unspecified atom stereocenters. The number of nitrogens with zero attached hydrogens (tertiary/aromatic N) is 1. The van der Waals surface area contributed by atoms with Crippen LogP contribution in [0.25, 0.3) is 0 Å². The number of anilines is 2. The van der Waals surface area contributed by atoms with Gasteiger partial charge in [0.1, 0.15) is 0 Å². The van der Waals surface area contributed by atoms with E-state index in [2.05, 4.69) is 5.32 Å². The van der Waals surface area contributed by atoms with E-state index in [1.807, 2.05) is 18.0 Å². The van der Waals surface area contributed by atoms with Gasteiger partial charge in [0.2, 0.25) is 0 Å². The number of sulfone groups is 1. The summed E-state index contributed by atoms with van der Waals surface area (Å²) in [4.78, 5) is 2.37. The van der Waals surface area contributed by atoms with E-state index >= 15 is 0 Å². The van der Waals surface area contributed by atoms with Gasteiger partial charge in [-0.2, -0.15) is 0 Å². The molecule has 0 bridgehead atoms. The van der Waals surface area contributed by atoms with Crippen molar-refractivity contribution in [2.45, 2.75) is 4.90 Å². The largest absolute Gasteiger partial charge is 0.382 e. The van der Waals surface area contributed by atoms with Crippen LogP contribution in [0.2, 0.25) is 0 Å². The summed E-state index contributed by atoms with van der Waals surface area (Å²) >= 11 is 0. The predicted molar refractivity (Wildman–Crippen MR) is 61.3 cm³/mol. The highest BCUT2D eigenvalue weighted by atomic mass is 32.2. The lowest BCUT2D eigenvalue weighted by Gasteiger charge is -2.30. The van der Waals surface area contributed by atoms with Crippen LogP contribution in [0.5, 0.6) is 0 Å². The maximum absolute atomic E-state index is 11.6. The van der Waals surface area contributed by atoms with Crippen LogP contribution in [0.15, 0.2) is 23.1 Å². The average molecular weight is 226 g/mol. The van der Waals surface area contributed by atoms with E-state index in [-0.39, 0.29) is 0 Å². The molecule has 0 saturated carbocycles. The second-order valence-corrected chi connectivity index (χ2v) is 5.76. The molecule has 5 heteroatoms. The standard InChI is InChI=1S/C10H14N2O2S/c1-12-7-6-11-8-4-3-5-9(10(8)12)15(2,13)14/h3-5,11H,6-7H2,1-2H3. The molecule has 0 saturated heterocycles. The molecule has 1 aliphatic heterocycles. The average Bonchev–Trinajstić information content (AvgIpc) is 2.16. The summed E-state index contributed by atoms with van der Waals surface area (Å²) < 4.78 is 23.2. The molecule has 1 aliphatic rings. The topological polar surface area (TPSA) is 49.4 Å². The number of benzene rings is 1. The number of likely N-dealkylation sites (N-methyl/N-ethyl adjacent to an activating group) is 1. The van der Waals surface area contributed by atoms with Gasteiger partial charge in [0, 0.05) is 26.4 Å². The quantitative estimate of drug-likeness (QED) is 0.774. The van der Waals surface area contributed by atoms with Crippen molar-refractivity contribution in [2.75, 3.05) is 36.6 Å². The molecule has 0 fully saturated rings. The minimum Gasteiger partial charge on any atom is -0.382 e. The summed E-state index contributed by atoms with van der Waals surface area (Å²) in [6.45, 7) is 1.66. The van der Waals surface area contributed by atoms with Crippen LogP contribution in [-0.4, -0.2) is 34.8 Å². The molecule has 4 nitrogen and oxygen atoms in total. The van der Waals surface area contributed by atoms with Gasteiger partial charge in [-0.15, -0.1) is 0 Å². The van der Waals surface area contributed by atoms with Gasteiger partial charge < -0.3 is 10.2 Å². The van der Waals surface area contributed by atoms with Crippen LogP contribution in [-0.2, 0) is 9.84 Å². The van der Waals surface area contributed by atoms with E-state index in [9.17, 15) is 8.42 Å². The number of fused-ring (bicyclic) bond motifs is 1. The highest BCUT2D eigenvalue weighted by molar-refractivity contribution is 7.90. The van der Waals surface area contributed by atoms with Crippen molar-refractivity contribution >= 4 is 21.2 Å². The lowest BCUT2D eigenvalue weighted by Crippen LogP contribution is -2.31. The normalized spacial score (nSPS) is 15.7. The number of hydrogen-bond acceptors (Lipinski definition) is 4. The van der Waals surface area contributed by atoms with Crippen molar-refractivity contribution in [3.8, 4) is 0 Å². The van der Waals surface area contributed by atoms with Gasteiger partial charge in [0.05, 0.1) is 16.3 Å². The zero-order chi connectivity index (χ0) is 11.1. The van der Waals surface area contributed by atoms with Gasteiger partial charge >= 0.3 is 0 Å². The molecule has 1 N–H and O–H groups in total. The Kier molecular flexibility index (Phi) is 2.34. The first-order valence-corrected chi connectivity index (χ1v) is 6.67. The maximum Gasteiger partial charge on any atom is 0.177 e.